The van der Waals surface area contributed by atoms with Crippen molar-refractivity contribution in [2.45, 2.75) is 18.8 Å². The molecule has 0 aliphatic carbocycles. The summed E-state index contributed by atoms with van der Waals surface area (Å²) >= 11 is 3.45. The first-order valence-corrected chi connectivity index (χ1v) is 5.98. The third-order valence-electron chi connectivity index (χ3n) is 2.81. The van der Waals surface area contributed by atoms with Crippen LogP contribution < -0.4 is 5.73 Å². The van der Waals surface area contributed by atoms with Crippen molar-refractivity contribution in [1.29, 1.82) is 0 Å². The Balaban J connectivity index is 2.05. The van der Waals surface area contributed by atoms with Crippen LogP contribution in [0.3, 0.4) is 0 Å². The topological polar surface area (TPSA) is 69.7 Å². The number of aliphatic hydroxyl groups is 2. The van der Waals surface area contributed by atoms with Crippen LogP contribution in [0, 0.1) is 0 Å². The van der Waals surface area contributed by atoms with Crippen LogP contribution in [-0.4, -0.2) is 40.4 Å². The highest BCUT2D eigenvalue weighted by molar-refractivity contribution is 9.10. The number of β-amino-alcohol motifs (C(OH)–C–C–N with tert-alkyl or cyclic N) is 2. The van der Waals surface area contributed by atoms with Gasteiger partial charge in [-0.1, -0.05) is 22.0 Å². The van der Waals surface area contributed by atoms with Gasteiger partial charge in [-0.3, -0.25) is 4.90 Å². The second-order valence-corrected chi connectivity index (χ2v) is 5.03. The normalized spacial score (nSPS) is 26.2. The van der Waals surface area contributed by atoms with Gasteiger partial charge in [-0.25, -0.2) is 0 Å². The maximum atomic E-state index is 9.44. The predicted molar refractivity (Wildman–Crippen MR) is 65.8 cm³/mol. The van der Waals surface area contributed by atoms with Gasteiger partial charge in [0.05, 0.1) is 12.2 Å². The molecule has 4 nitrogen and oxygen atoms in total. The minimum Gasteiger partial charge on any atom is -0.399 e. The molecule has 0 spiro atoms. The minimum absolute atomic E-state index is 0.512. The van der Waals surface area contributed by atoms with Crippen LogP contribution in [0.25, 0.3) is 0 Å². The summed E-state index contributed by atoms with van der Waals surface area (Å²) < 4.78 is 0.961. The molecule has 2 unspecified atom stereocenters. The second kappa shape index (κ2) is 4.71. The number of halogens is 1. The summed E-state index contributed by atoms with van der Waals surface area (Å²) in [5.74, 6) is 0. The van der Waals surface area contributed by atoms with Crippen molar-refractivity contribution in [2.24, 2.45) is 0 Å². The Hall–Kier alpha value is -0.620. The van der Waals surface area contributed by atoms with Crippen molar-refractivity contribution in [2.75, 3.05) is 18.8 Å². The van der Waals surface area contributed by atoms with Crippen LogP contribution >= 0.6 is 15.9 Å². The first-order chi connectivity index (χ1) is 7.56. The van der Waals surface area contributed by atoms with E-state index in [-0.39, 0.29) is 0 Å². The Morgan fingerprint density at radius 3 is 2.50 bits per heavy atom. The molecule has 2 atom stereocenters. The van der Waals surface area contributed by atoms with Gasteiger partial charge >= 0.3 is 0 Å². The van der Waals surface area contributed by atoms with E-state index in [1.54, 1.807) is 0 Å². The van der Waals surface area contributed by atoms with Gasteiger partial charge in [0, 0.05) is 29.8 Å². The minimum atomic E-state index is -0.632. The molecule has 1 aliphatic heterocycles. The quantitative estimate of drug-likeness (QED) is 0.696. The molecule has 2 rings (SSSR count). The number of aliphatic hydroxyl groups excluding tert-OH is 2. The smallest absolute Gasteiger partial charge is 0.0938 e. The van der Waals surface area contributed by atoms with Crippen LogP contribution in [-0.2, 0) is 6.54 Å². The Labute approximate surface area is 103 Å². The zero-order valence-electron chi connectivity index (χ0n) is 8.81. The third-order valence-corrected chi connectivity index (χ3v) is 3.54. The second-order valence-electron chi connectivity index (χ2n) is 4.18. The molecule has 1 aromatic rings. The van der Waals surface area contributed by atoms with Crippen LogP contribution in [0.15, 0.2) is 22.7 Å². The molecule has 16 heavy (non-hydrogen) atoms. The van der Waals surface area contributed by atoms with Gasteiger partial charge in [-0.2, -0.15) is 0 Å². The number of hydrogen-bond acceptors (Lipinski definition) is 4. The maximum absolute atomic E-state index is 9.44. The van der Waals surface area contributed by atoms with E-state index in [2.05, 4.69) is 15.9 Å². The lowest BCUT2D eigenvalue weighted by molar-refractivity contribution is 0.0572. The lowest BCUT2D eigenvalue weighted by atomic mass is 10.2. The van der Waals surface area contributed by atoms with Gasteiger partial charge in [0.1, 0.15) is 0 Å². The summed E-state index contributed by atoms with van der Waals surface area (Å²) in [6, 6.07) is 5.66. The number of nitrogens with zero attached hydrogens (tertiary/aromatic N) is 1. The van der Waals surface area contributed by atoms with Gasteiger partial charge in [0.25, 0.3) is 0 Å². The summed E-state index contributed by atoms with van der Waals surface area (Å²) in [5.41, 5.74) is 7.48. The number of anilines is 1. The van der Waals surface area contributed by atoms with E-state index in [9.17, 15) is 10.2 Å². The predicted octanol–water partition coefficient (Wildman–Crippen LogP) is 0.569. The molecule has 5 heteroatoms. The Morgan fingerprint density at radius 2 is 1.94 bits per heavy atom. The maximum Gasteiger partial charge on any atom is 0.0938 e. The highest BCUT2D eigenvalue weighted by Gasteiger charge is 2.29. The number of nitrogens with two attached hydrogens (primary N) is 1. The molecule has 0 aromatic heterocycles. The summed E-state index contributed by atoms with van der Waals surface area (Å²) in [6.45, 7) is 1.73. The fraction of sp³-hybridized carbons (Fsp3) is 0.455. The summed E-state index contributed by atoms with van der Waals surface area (Å²) in [4.78, 5) is 2.02. The number of nitrogen functional groups attached to an aromatic ring is 1. The lowest BCUT2D eigenvalue weighted by Gasteiger charge is -2.15. The first-order valence-electron chi connectivity index (χ1n) is 5.18. The van der Waals surface area contributed by atoms with Crippen molar-refractivity contribution >= 4 is 21.6 Å². The Kier molecular flexibility index (Phi) is 3.49. The highest BCUT2D eigenvalue weighted by atomic mass is 79.9. The van der Waals surface area contributed by atoms with Gasteiger partial charge in [-0.05, 0) is 17.7 Å². The van der Waals surface area contributed by atoms with E-state index in [4.69, 9.17) is 5.73 Å². The van der Waals surface area contributed by atoms with Crippen LogP contribution in [0.2, 0.25) is 0 Å². The largest absolute Gasteiger partial charge is 0.399 e. The molecule has 1 aromatic carbocycles. The molecule has 1 heterocycles. The molecule has 1 aliphatic rings. The Bertz CT molecular complexity index is 376. The molecule has 0 saturated carbocycles. The van der Waals surface area contributed by atoms with Crippen molar-refractivity contribution in [3.05, 3.63) is 28.2 Å². The lowest BCUT2D eigenvalue weighted by Crippen LogP contribution is -2.22. The number of likely N-dealkylation sites (tertiary alicyclic amines) is 1. The zero-order valence-corrected chi connectivity index (χ0v) is 10.4. The fourth-order valence-corrected chi connectivity index (χ4v) is 2.43. The molecular weight excluding hydrogens is 272 g/mol. The van der Waals surface area contributed by atoms with Gasteiger partial charge in [0.15, 0.2) is 0 Å². The third kappa shape index (κ3) is 2.55. The number of hydrogen-bond donors (Lipinski definition) is 3. The van der Waals surface area contributed by atoms with E-state index in [1.807, 2.05) is 23.1 Å². The monoisotopic (exact) mass is 286 g/mol. The van der Waals surface area contributed by atoms with E-state index in [1.165, 1.54) is 0 Å². The highest BCUT2D eigenvalue weighted by Crippen LogP contribution is 2.23. The standard InChI is InChI=1S/C11H15BrN2O2/c12-9-3-8(13)2-1-7(9)4-14-5-10(15)11(16)6-14/h1-3,10-11,15-16H,4-6,13H2. The molecule has 4 N–H and O–H groups in total. The van der Waals surface area contributed by atoms with Gasteiger partial charge < -0.3 is 15.9 Å². The molecule has 1 saturated heterocycles. The molecule has 0 amide bonds. The summed E-state index contributed by atoms with van der Waals surface area (Å²) in [7, 11) is 0. The van der Waals surface area contributed by atoms with Gasteiger partial charge in [0.2, 0.25) is 0 Å². The fourth-order valence-electron chi connectivity index (χ4n) is 1.91. The average molecular weight is 287 g/mol. The molecule has 0 radical (unpaired) electrons. The van der Waals surface area contributed by atoms with Gasteiger partial charge in [-0.15, -0.1) is 0 Å². The van der Waals surface area contributed by atoms with Crippen LogP contribution in [0.5, 0.6) is 0 Å². The van der Waals surface area contributed by atoms with Crippen LogP contribution in [0.4, 0.5) is 5.69 Å². The molecule has 88 valence electrons. The Morgan fingerprint density at radius 1 is 1.31 bits per heavy atom. The van der Waals surface area contributed by atoms with E-state index < -0.39 is 12.2 Å². The molecular formula is C11H15BrN2O2. The van der Waals surface area contributed by atoms with Crippen molar-refractivity contribution in [3.8, 4) is 0 Å². The van der Waals surface area contributed by atoms with Crippen molar-refractivity contribution < 1.29 is 10.2 Å². The number of rotatable bonds is 2. The summed E-state index contributed by atoms with van der Waals surface area (Å²) in [5, 5.41) is 18.9. The first kappa shape index (κ1) is 11.9. The summed E-state index contributed by atoms with van der Waals surface area (Å²) in [6.07, 6.45) is -1.26. The number of benzene rings is 1. The average Bonchev–Trinajstić information content (AvgIpc) is 2.51. The van der Waals surface area contributed by atoms with Crippen molar-refractivity contribution in [1.82, 2.24) is 4.90 Å². The zero-order chi connectivity index (χ0) is 11.7. The van der Waals surface area contributed by atoms with Crippen molar-refractivity contribution in [3.63, 3.8) is 0 Å². The van der Waals surface area contributed by atoms with E-state index in [0.29, 0.717) is 19.6 Å². The molecule has 1 fully saturated rings. The van der Waals surface area contributed by atoms with E-state index >= 15 is 0 Å². The molecule has 0 bridgehead atoms. The SMILES string of the molecule is Nc1ccc(CN2CC(O)C(O)C2)c(Br)c1. The van der Waals surface area contributed by atoms with Crippen LogP contribution in [0.1, 0.15) is 5.56 Å². The van der Waals surface area contributed by atoms with E-state index in [0.717, 1.165) is 15.7 Å².